The van der Waals surface area contributed by atoms with Crippen LogP contribution >= 0.6 is 0 Å². The Morgan fingerprint density at radius 3 is 1.93 bits per heavy atom. The van der Waals surface area contributed by atoms with E-state index in [2.05, 4.69) is 0 Å². The first-order valence-electron chi connectivity index (χ1n) is 8.79. The van der Waals surface area contributed by atoms with Crippen LogP contribution in [0.4, 0.5) is 4.39 Å². The molecule has 0 unspecified atom stereocenters. The molecular formula is C21H21FN2O3. The van der Waals surface area contributed by atoms with Crippen molar-refractivity contribution in [3.63, 3.8) is 0 Å². The highest BCUT2D eigenvalue weighted by molar-refractivity contribution is 5.65. The van der Waals surface area contributed by atoms with Crippen molar-refractivity contribution >= 4 is 0 Å². The van der Waals surface area contributed by atoms with Gasteiger partial charge in [-0.1, -0.05) is 6.92 Å². The van der Waals surface area contributed by atoms with Gasteiger partial charge in [-0.15, -0.1) is 0 Å². The maximum absolute atomic E-state index is 13.3. The molecule has 0 amide bonds. The van der Waals surface area contributed by atoms with Gasteiger partial charge in [-0.05, 0) is 68.8 Å². The fourth-order valence-corrected chi connectivity index (χ4v) is 3.04. The summed E-state index contributed by atoms with van der Waals surface area (Å²) >= 11 is 0. The smallest absolute Gasteiger partial charge is 0.289 e. The number of halogens is 1. The molecule has 0 aliphatic rings. The molecule has 6 heteroatoms. The van der Waals surface area contributed by atoms with Crippen molar-refractivity contribution in [2.45, 2.75) is 27.2 Å². The van der Waals surface area contributed by atoms with Crippen molar-refractivity contribution in [2.75, 3.05) is 6.61 Å². The minimum Gasteiger partial charge on any atom is -0.805 e. The number of aromatic nitrogens is 2. The number of nitrogens with zero attached hydrogens (tertiary/aromatic N) is 2. The summed E-state index contributed by atoms with van der Waals surface area (Å²) in [6.07, 6.45) is 0.899. The van der Waals surface area contributed by atoms with Crippen LogP contribution in [0.25, 0.3) is 22.5 Å². The summed E-state index contributed by atoms with van der Waals surface area (Å²) in [5.41, 5.74) is 2.13. The van der Waals surface area contributed by atoms with E-state index in [4.69, 9.17) is 4.74 Å². The van der Waals surface area contributed by atoms with Gasteiger partial charge in [0.1, 0.15) is 11.6 Å². The van der Waals surface area contributed by atoms with E-state index in [-0.39, 0.29) is 17.1 Å². The van der Waals surface area contributed by atoms with Crippen LogP contribution in [0.2, 0.25) is 0 Å². The fourth-order valence-electron chi connectivity index (χ4n) is 3.04. The second kappa shape index (κ2) is 7.61. The first-order chi connectivity index (χ1) is 12.9. The number of ether oxygens (including phenoxy) is 1. The second-order valence-electron chi connectivity index (χ2n) is 6.34. The van der Waals surface area contributed by atoms with Crippen LogP contribution in [-0.4, -0.2) is 11.3 Å². The van der Waals surface area contributed by atoms with E-state index in [0.29, 0.717) is 29.2 Å². The van der Waals surface area contributed by atoms with Crippen molar-refractivity contribution in [2.24, 2.45) is 0 Å². The van der Waals surface area contributed by atoms with Crippen molar-refractivity contribution in [3.05, 3.63) is 75.9 Å². The van der Waals surface area contributed by atoms with Gasteiger partial charge in [0, 0.05) is 4.91 Å². The predicted molar refractivity (Wildman–Crippen MR) is 103 cm³/mol. The molecule has 0 fully saturated rings. The number of hydrogen-bond acceptors (Lipinski definition) is 3. The Hall–Kier alpha value is -3.15. The van der Waals surface area contributed by atoms with Crippen LogP contribution in [0.1, 0.15) is 24.7 Å². The lowest BCUT2D eigenvalue weighted by molar-refractivity contribution is -0.471. The van der Waals surface area contributed by atoms with Crippen LogP contribution in [-0.2, 0) is 0 Å². The van der Waals surface area contributed by atoms with Gasteiger partial charge in [-0.2, -0.15) is 0 Å². The van der Waals surface area contributed by atoms with Crippen LogP contribution < -0.4 is 9.16 Å². The average Bonchev–Trinajstić information content (AvgIpc) is 2.67. The average molecular weight is 368 g/mol. The Balaban J connectivity index is 2.16. The largest absolute Gasteiger partial charge is 0.805 e. The molecule has 0 saturated heterocycles. The molecule has 0 radical (unpaired) electrons. The maximum atomic E-state index is 13.3. The zero-order chi connectivity index (χ0) is 19.6. The van der Waals surface area contributed by atoms with E-state index in [1.165, 1.54) is 24.3 Å². The van der Waals surface area contributed by atoms with Crippen LogP contribution in [0.15, 0.2) is 48.5 Å². The highest BCUT2D eigenvalue weighted by Gasteiger charge is 2.26. The fraction of sp³-hybridized carbons (Fsp3) is 0.238. The third-order valence-corrected chi connectivity index (χ3v) is 4.42. The number of hydrogen-bond donors (Lipinski definition) is 0. The van der Waals surface area contributed by atoms with Crippen molar-refractivity contribution in [3.8, 4) is 28.3 Å². The number of rotatable bonds is 5. The third-order valence-electron chi connectivity index (χ3n) is 4.42. The normalized spacial score (nSPS) is 10.8. The van der Waals surface area contributed by atoms with Gasteiger partial charge in [0.2, 0.25) is 0 Å². The maximum Gasteiger partial charge on any atom is 0.289 e. The topological polar surface area (TPSA) is 60.2 Å². The molecule has 0 N–H and O–H groups in total. The molecular weight excluding hydrogens is 347 g/mol. The lowest BCUT2D eigenvalue weighted by atomic mass is 10.1. The summed E-state index contributed by atoms with van der Waals surface area (Å²) in [4.78, 5) is 13.1. The van der Waals surface area contributed by atoms with Gasteiger partial charge in [-0.25, -0.2) is 4.39 Å². The highest BCUT2D eigenvalue weighted by Crippen LogP contribution is 2.27. The predicted octanol–water partition coefficient (Wildman–Crippen LogP) is 4.63. The molecule has 0 saturated carbocycles. The molecule has 0 atom stereocenters. The lowest BCUT2D eigenvalue weighted by Gasteiger charge is -2.19. The molecule has 27 heavy (non-hydrogen) atoms. The van der Waals surface area contributed by atoms with E-state index in [9.17, 15) is 14.5 Å². The van der Waals surface area contributed by atoms with E-state index in [1.807, 2.05) is 6.92 Å². The summed E-state index contributed by atoms with van der Waals surface area (Å²) in [5.74, 6) is 0.301. The first kappa shape index (κ1) is 18.6. The summed E-state index contributed by atoms with van der Waals surface area (Å²) < 4.78 is 20.3. The summed E-state index contributed by atoms with van der Waals surface area (Å²) in [6.45, 7) is 5.83. The lowest BCUT2D eigenvalue weighted by Crippen LogP contribution is -2.27. The van der Waals surface area contributed by atoms with E-state index < -0.39 is 5.82 Å². The van der Waals surface area contributed by atoms with Gasteiger partial charge < -0.3 is 14.7 Å². The quantitative estimate of drug-likeness (QED) is 0.617. The monoisotopic (exact) mass is 368 g/mol. The number of benzene rings is 2. The Morgan fingerprint density at radius 2 is 1.44 bits per heavy atom. The Labute approximate surface area is 156 Å². The molecule has 0 aliphatic carbocycles. The molecule has 5 nitrogen and oxygen atoms in total. The summed E-state index contributed by atoms with van der Waals surface area (Å²) in [6, 6.07) is 12.6. The van der Waals surface area contributed by atoms with E-state index >= 15 is 0 Å². The van der Waals surface area contributed by atoms with Gasteiger partial charge in [0.25, 0.3) is 11.4 Å². The molecule has 2 aromatic carbocycles. The molecule has 0 aliphatic heterocycles. The van der Waals surface area contributed by atoms with Crippen molar-refractivity contribution in [1.29, 1.82) is 0 Å². The summed E-state index contributed by atoms with van der Waals surface area (Å²) in [5, 5.41) is 12.6. The van der Waals surface area contributed by atoms with Gasteiger partial charge in [0.05, 0.1) is 33.5 Å². The molecule has 3 aromatic rings. The molecule has 140 valence electrons. The standard InChI is InChI=1S/C21H21FN2O3/c1-4-13-27-19-11-7-17(8-12-19)21-15(3)23(25)14(2)20(24(21)26)16-5-9-18(22)10-6-16/h5-12H,4,13H2,1-3H3. The zero-order valence-electron chi connectivity index (χ0n) is 15.5. The SMILES string of the molecule is CCCOc1ccc(-c2c(C)n([O-])c(C)c(-c3ccc(F)cc3)[n+]2=O)cc1. The molecule has 0 bridgehead atoms. The van der Waals surface area contributed by atoms with Gasteiger partial charge in [-0.3, -0.25) is 0 Å². The second-order valence-corrected chi connectivity index (χ2v) is 6.34. The van der Waals surface area contributed by atoms with Crippen molar-refractivity contribution in [1.82, 2.24) is 4.73 Å². The van der Waals surface area contributed by atoms with Crippen molar-refractivity contribution < 1.29 is 13.6 Å². The van der Waals surface area contributed by atoms with Crippen LogP contribution in [0, 0.1) is 29.8 Å². The molecule has 1 aromatic heterocycles. The van der Waals surface area contributed by atoms with Gasteiger partial charge >= 0.3 is 0 Å². The van der Waals surface area contributed by atoms with Crippen LogP contribution in [0.3, 0.4) is 0 Å². The zero-order valence-corrected chi connectivity index (χ0v) is 15.5. The van der Waals surface area contributed by atoms with Crippen LogP contribution in [0.5, 0.6) is 5.75 Å². The summed E-state index contributed by atoms with van der Waals surface area (Å²) in [7, 11) is 0. The highest BCUT2D eigenvalue weighted by atomic mass is 19.1. The molecule has 3 rings (SSSR count). The minimum absolute atomic E-state index is 0.205. The first-order valence-corrected chi connectivity index (χ1v) is 8.79. The minimum atomic E-state index is -0.404. The van der Waals surface area contributed by atoms with E-state index in [1.54, 1.807) is 38.1 Å². The third kappa shape index (κ3) is 3.56. The molecule has 0 spiro atoms. The molecule has 1 heterocycles. The Bertz CT molecular complexity index is 1010. The van der Waals surface area contributed by atoms with E-state index in [0.717, 1.165) is 15.6 Å². The Morgan fingerprint density at radius 1 is 0.963 bits per heavy atom. The Kier molecular flexibility index (Phi) is 5.26. The van der Waals surface area contributed by atoms with Gasteiger partial charge in [0.15, 0.2) is 0 Å².